The summed E-state index contributed by atoms with van der Waals surface area (Å²) in [4.78, 5) is 42.4. The van der Waals surface area contributed by atoms with Gasteiger partial charge in [-0.1, -0.05) is 44.2 Å². The lowest BCUT2D eigenvalue weighted by atomic mass is 10.1. The summed E-state index contributed by atoms with van der Waals surface area (Å²) in [5.74, 6) is -0.308. The number of aliphatic hydroxyl groups is 1. The summed E-state index contributed by atoms with van der Waals surface area (Å²) in [6, 6.07) is 19.4. The van der Waals surface area contributed by atoms with Gasteiger partial charge in [0.15, 0.2) is 0 Å². The van der Waals surface area contributed by atoms with Crippen molar-refractivity contribution in [2.24, 2.45) is 0 Å². The predicted octanol–water partition coefficient (Wildman–Crippen LogP) is 4.28. The molecule has 0 aliphatic carbocycles. The highest BCUT2D eigenvalue weighted by Gasteiger charge is 2.37. The van der Waals surface area contributed by atoms with Crippen LogP contribution in [0, 0.1) is 17.1 Å². The topological polar surface area (TPSA) is 126 Å². The van der Waals surface area contributed by atoms with Gasteiger partial charge in [-0.2, -0.15) is 5.26 Å². The van der Waals surface area contributed by atoms with E-state index in [-0.39, 0.29) is 37.0 Å². The van der Waals surface area contributed by atoms with E-state index in [1.54, 1.807) is 24.3 Å². The van der Waals surface area contributed by atoms with Gasteiger partial charge in [-0.05, 0) is 47.9 Å². The Kier molecular flexibility index (Phi) is 14.3. The summed E-state index contributed by atoms with van der Waals surface area (Å²) in [7, 11) is 2.52. The highest BCUT2D eigenvalue weighted by atomic mass is 19.1. The number of nitrogens with one attached hydrogen (secondary N) is 1. The molecule has 2 aliphatic rings. The lowest BCUT2D eigenvalue weighted by Crippen LogP contribution is -2.46. The SMILES string of the molecule is CC.CNC(=O)[C@H](CCC=O)N1Cc2c(OCc3ccc(CN4CCN(c5ccc(C#N)cc5F)CC4)cc3)cccc2C1=O.CO. The van der Waals surface area contributed by atoms with Gasteiger partial charge in [0, 0.05) is 64.4 Å². The van der Waals surface area contributed by atoms with E-state index < -0.39 is 6.04 Å². The number of fused-ring (bicyclic) bond motifs is 1. The van der Waals surface area contributed by atoms with Gasteiger partial charge in [0.2, 0.25) is 5.91 Å². The van der Waals surface area contributed by atoms with Crippen LogP contribution in [0.5, 0.6) is 5.75 Å². The van der Waals surface area contributed by atoms with Crippen LogP contribution in [0.2, 0.25) is 0 Å². The normalized spacial score (nSPS) is 14.4. The number of ether oxygens (including phenoxy) is 1. The minimum Gasteiger partial charge on any atom is -0.489 e. The summed E-state index contributed by atoms with van der Waals surface area (Å²) in [5.41, 5.74) is 4.26. The van der Waals surface area contributed by atoms with Crippen molar-refractivity contribution in [3.63, 3.8) is 0 Å². The van der Waals surface area contributed by atoms with Crippen LogP contribution in [-0.2, 0) is 29.3 Å². The smallest absolute Gasteiger partial charge is 0.255 e. The van der Waals surface area contributed by atoms with Crippen molar-refractivity contribution in [1.29, 1.82) is 5.26 Å². The quantitative estimate of drug-likeness (QED) is 0.296. The second-order valence-corrected chi connectivity index (χ2v) is 10.7. The molecule has 1 fully saturated rings. The van der Waals surface area contributed by atoms with E-state index in [4.69, 9.17) is 15.1 Å². The van der Waals surface area contributed by atoms with Crippen LogP contribution in [0.4, 0.5) is 10.1 Å². The van der Waals surface area contributed by atoms with Gasteiger partial charge in [0.05, 0.1) is 23.9 Å². The molecule has 1 saturated heterocycles. The number of aldehydes is 1. The number of anilines is 1. The van der Waals surface area contributed by atoms with Gasteiger partial charge in [0.25, 0.3) is 5.91 Å². The first-order chi connectivity index (χ1) is 22.9. The second-order valence-electron chi connectivity index (χ2n) is 10.7. The molecule has 2 aliphatic heterocycles. The number of hydrogen-bond acceptors (Lipinski definition) is 8. The van der Waals surface area contributed by atoms with Crippen molar-refractivity contribution in [3.8, 4) is 11.8 Å². The van der Waals surface area contributed by atoms with Crippen LogP contribution in [0.3, 0.4) is 0 Å². The average Bonchev–Trinajstić information content (AvgIpc) is 3.46. The maximum atomic E-state index is 14.4. The summed E-state index contributed by atoms with van der Waals surface area (Å²) in [6.45, 7) is 8.36. The number of rotatable bonds is 11. The van der Waals surface area contributed by atoms with Crippen LogP contribution in [-0.4, -0.2) is 79.4 Å². The largest absolute Gasteiger partial charge is 0.489 e. The Morgan fingerprint density at radius 3 is 2.36 bits per heavy atom. The molecule has 2 N–H and O–H groups in total. The van der Waals surface area contributed by atoms with Crippen LogP contribution >= 0.6 is 0 Å². The Bertz CT molecular complexity index is 1530. The van der Waals surface area contributed by atoms with Crippen molar-refractivity contribution in [2.75, 3.05) is 45.2 Å². The van der Waals surface area contributed by atoms with Gasteiger partial charge in [-0.15, -0.1) is 0 Å². The fourth-order valence-electron chi connectivity index (χ4n) is 5.67. The first kappa shape index (κ1) is 36.7. The summed E-state index contributed by atoms with van der Waals surface area (Å²) in [5, 5.41) is 18.6. The number of nitriles is 1. The van der Waals surface area contributed by atoms with Crippen molar-refractivity contribution < 1.29 is 28.6 Å². The Hall–Kier alpha value is -4.79. The van der Waals surface area contributed by atoms with Crippen LogP contribution in [0.25, 0.3) is 0 Å². The van der Waals surface area contributed by atoms with E-state index >= 15 is 0 Å². The molecule has 0 aromatic heterocycles. The Labute approximate surface area is 276 Å². The number of carbonyl (C=O) groups excluding carboxylic acids is 3. The molecule has 10 nitrogen and oxygen atoms in total. The fourth-order valence-corrected chi connectivity index (χ4v) is 5.67. The molecule has 3 aromatic carbocycles. The molecule has 11 heteroatoms. The van der Waals surface area contributed by atoms with Gasteiger partial charge in [0.1, 0.15) is 30.5 Å². The lowest BCUT2D eigenvalue weighted by Gasteiger charge is -2.36. The average molecular weight is 646 g/mol. The number of hydrogen-bond donors (Lipinski definition) is 2. The van der Waals surface area contributed by atoms with Crippen molar-refractivity contribution >= 4 is 23.8 Å². The van der Waals surface area contributed by atoms with Crippen molar-refractivity contribution in [3.05, 3.63) is 94.3 Å². The monoisotopic (exact) mass is 645 g/mol. The van der Waals surface area contributed by atoms with Crippen molar-refractivity contribution in [2.45, 2.75) is 52.4 Å². The first-order valence-electron chi connectivity index (χ1n) is 15.8. The molecule has 2 heterocycles. The van der Waals surface area contributed by atoms with E-state index in [0.717, 1.165) is 44.2 Å². The number of carbonyl (C=O) groups is 3. The number of aliphatic hydroxyl groups excluding tert-OH is 1. The summed E-state index contributed by atoms with van der Waals surface area (Å²) >= 11 is 0. The zero-order valence-corrected chi connectivity index (χ0v) is 27.5. The van der Waals surface area contributed by atoms with Crippen molar-refractivity contribution in [1.82, 2.24) is 15.1 Å². The second kappa shape index (κ2) is 18.4. The Morgan fingerprint density at radius 2 is 1.74 bits per heavy atom. The molecular formula is C36H44FN5O5. The van der Waals surface area contributed by atoms with Crippen LogP contribution in [0.15, 0.2) is 60.7 Å². The van der Waals surface area contributed by atoms with E-state index in [1.165, 1.54) is 23.6 Å². The van der Waals surface area contributed by atoms with E-state index in [9.17, 15) is 18.8 Å². The molecule has 3 aromatic rings. The molecule has 0 spiro atoms. The molecule has 0 saturated carbocycles. The number of halogens is 1. The molecule has 250 valence electrons. The molecule has 2 amide bonds. The van der Waals surface area contributed by atoms with Gasteiger partial charge in [-0.3, -0.25) is 14.5 Å². The van der Waals surface area contributed by atoms with E-state index in [1.807, 2.05) is 43.0 Å². The van der Waals surface area contributed by atoms with Crippen LogP contribution in [0.1, 0.15) is 59.3 Å². The van der Waals surface area contributed by atoms with Gasteiger partial charge in [-0.25, -0.2) is 4.39 Å². The minimum absolute atomic E-state index is 0.187. The highest BCUT2D eigenvalue weighted by Crippen LogP contribution is 2.33. The number of amides is 2. The van der Waals surface area contributed by atoms with E-state index in [2.05, 4.69) is 22.3 Å². The van der Waals surface area contributed by atoms with Gasteiger partial charge >= 0.3 is 0 Å². The summed E-state index contributed by atoms with van der Waals surface area (Å²) in [6.07, 6.45) is 1.20. The number of nitrogens with zero attached hydrogens (tertiary/aromatic N) is 4. The first-order valence-corrected chi connectivity index (χ1v) is 15.8. The Morgan fingerprint density at radius 1 is 1.06 bits per heavy atom. The third-order valence-corrected chi connectivity index (χ3v) is 8.05. The molecular weight excluding hydrogens is 601 g/mol. The third kappa shape index (κ3) is 9.15. The zero-order chi connectivity index (χ0) is 34.3. The molecule has 0 radical (unpaired) electrons. The number of likely N-dealkylation sites (N-methyl/N-ethyl adjacent to an activating group) is 1. The third-order valence-electron chi connectivity index (χ3n) is 8.05. The fraction of sp³-hybridized carbons (Fsp3) is 0.389. The number of benzene rings is 3. The molecule has 47 heavy (non-hydrogen) atoms. The van der Waals surface area contributed by atoms with Crippen LogP contribution < -0.4 is 15.0 Å². The standard InChI is InChI=1S/C33H34FN5O4.C2H6.CH4O/c1-36-32(41)30(5-3-17-40)39-21-27-26(33(39)42)4-2-6-31(27)43-22-24-9-7-23(8-10-24)20-37-13-15-38(16-14-37)29-12-11-25(19-35)18-28(29)34;2*1-2/h2,4,6-12,17-18,30H,3,5,13-16,20-22H2,1H3,(H,36,41);1-2H3;2H,1H3/t30-;;/m0../s1. The highest BCUT2D eigenvalue weighted by molar-refractivity contribution is 6.01. The van der Waals surface area contributed by atoms with E-state index in [0.29, 0.717) is 42.3 Å². The molecule has 5 rings (SSSR count). The molecule has 1 atom stereocenters. The maximum Gasteiger partial charge on any atom is 0.255 e. The lowest BCUT2D eigenvalue weighted by molar-refractivity contribution is -0.125. The molecule has 0 unspecified atom stereocenters. The number of piperazine rings is 1. The zero-order valence-electron chi connectivity index (χ0n) is 27.5. The minimum atomic E-state index is -0.726. The van der Waals surface area contributed by atoms with Gasteiger partial charge < -0.3 is 29.8 Å². The molecule has 0 bridgehead atoms. The maximum absolute atomic E-state index is 14.4. The summed E-state index contributed by atoms with van der Waals surface area (Å²) < 4.78 is 20.6. The predicted molar refractivity (Wildman–Crippen MR) is 178 cm³/mol. The Balaban J connectivity index is 0.00000144.